The fourth-order valence-corrected chi connectivity index (χ4v) is 3.81. The van der Waals surface area contributed by atoms with Gasteiger partial charge in [0.1, 0.15) is 0 Å². The van der Waals surface area contributed by atoms with Gasteiger partial charge in [0.25, 0.3) is 0 Å². The van der Waals surface area contributed by atoms with Gasteiger partial charge in [0.15, 0.2) is 0 Å². The maximum Gasteiger partial charge on any atom is 0.0731 e. The number of aryl methyl sites for hydroxylation is 2. The molecule has 2 rings (SSSR count). The summed E-state index contributed by atoms with van der Waals surface area (Å²) in [5, 5.41) is 8.02. The summed E-state index contributed by atoms with van der Waals surface area (Å²) >= 11 is 5.46. The Labute approximate surface area is 133 Å². The average Bonchev–Trinajstić information content (AvgIpc) is 3.02. The molecule has 20 heavy (non-hydrogen) atoms. The molecule has 110 valence electrons. The summed E-state index contributed by atoms with van der Waals surface area (Å²) in [6.07, 6.45) is 6.28. The van der Waals surface area contributed by atoms with E-state index in [0.29, 0.717) is 6.04 Å². The fraction of sp³-hybridized carbons (Fsp3) is 0.533. The highest BCUT2D eigenvalue weighted by Crippen LogP contribution is 2.32. The highest BCUT2D eigenvalue weighted by atomic mass is 79.9. The minimum Gasteiger partial charge on any atom is -0.309 e. The van der Waals surface area contributed by atoms with Crippen molar-refractivity contribution in [2.45, 2.75) is 46.2 Å². The molecule has 0 spiro atoms. The molecule has 2 aromatic rings. The smallest absolute Gasteiger partial charge is 0.0731 e. The van der Waals surface area contributed by atoms with Gasteiger partial charge in [-0.3, -0.25) is 4.68 Å². The molecule has 0 fully saturated rings. The van der Waals surface area contributed by atoms with Crippen LogP contribution in [-0.2, 0) is 13.0 Å². The molecule has 2 aromatic heterocycles. The third kappa shape index (κ3) is 3.93. The van der Waals surface area contributed by atoms with E-state index in [1.165, 1.54) is 19.8 Å². The van der Waals surface area contributed by atoms with Crippen molar-refractivity contribution in [3.8, 4) is 0 Å². The number of nitrogens with one attached hydrogen (secondary N) is 1. The van der Waals surface area contributed by atoms with E-state index in [-0.39, 0.29) is 0 Å². The number of hydrogen-bond acceptors (Lipinski definition) is 3. The molecule has 0 aromatic carbocycles. The van der Waals surface area contributed by atoms with Crippen molar-refractivity contribution in [3.05, 3.63) is 38.3 Å². The average molecular weight is 356 g/mol. The fourth-order valence-electron chi connectivity index (χ4n) is 2.17. The van der Waals surface area contributed by atoms with Gasteiger partial charge in [-0.15, -0.1) is 11.3 Å². The van der Waals surface area contributed by atoms with Gasteiger partial charge in [-0.1, -0.05) is 6.92 Å². The summed E-state index contributed by atoms with van der Waals surface area (Å²) in [6.45, 7) is 8.44. The number of rotatable bonds is 7. The summed E-state index contributed by atoms with van der Waals surface area (Å²) in [4.78, 5) is 1.40. The van der Waals surface area contributed by atoms with Crippen LogP contribution < -0.4 is 5.32 Å². The molecule has 3 nitrogen and oxygen atoms in total. The number of nitrogens with zero attached hydrogens (tertiary/aromatic N) is 2. The van der Waals surface area contributed by atoms with Crippen LogP contribution in [0.2, 0.25) is 0 Å². The first-order valence-electron chi connectivity index (χ1n) is 7.14. The number of thiophene rings is 1. The molecule has 2 heterocycles. The zero-order valence-electron chi connectivity index (χ0n) is 12.3. The summed E-state index contributed by atoms with van der Waals surface area (Å²) in [7, 11) is 0. The summed E-state index contributed by atoms with van der Waals surface area (Å²) < 4.78 is 3.22. The summed E-state index contributed by atoms with van der Waals surface area (Å²) in [6, 6.07) is 2.66. The first-order valence-corrected chi connectivity index (χ1v) is 8.75. The molecule has 0 aliphatic carbocycles. The molecule has 0 saturated carbocycles. The number of halogens is 1. The monoisotopic (exact) mass is 355 g/mol. The van der Waals surface area contributed by atoms with Crippen molar-refractivity contribution >= 4 is 27.3 Å². The molecule has 0 amide bonds. The Morgan fingerprint density at radius 3 is 2.80 bits per heavy atom. The van der Waals surface area contributed by atoms with Crippen LogP contribution in [0.3, 0.4) is 0 Å². The Morgan fingerprint density at radius 2 is 2.25 bits per heavy atom. The van der Waals surface area contributed by atoms with E-state index in [9.17, 15) is 0 Å². The van der Waals surface area contributed by atoms with E-state index in [1.807, 2.05) is 22.2 Å². The maximum absolute atomic E-state index is 4.37. The molecule has 0 aliphatic heterocycles. The third-order valence-electron chi connectivity index (χ3n) is 3.31. The van der Waals surface area contributed by atoms with E-state index in [4.69, 9.17) is 0 Å². The zero-order valence-corrected chi connectivity index (χ0v) is 14.7. The van der Waals surface area contributed by atoms with E-state index in [0.717, 1.165) is 25.9 Å². The van der Waals surface area contributed by atoms with E-state index >= 15 is 0 Å². The molecule has 0 aliphatic rings. The Bertz CT molecular complexity index is 528. The van der Waals surface area contributed by atoms with Crippen LogP contribution in [0.1, 0.15) is 42.3 Å². The minimum absolute atomic E-state index is 0.374. The lowest BCUT2D eigenvalue weighted by molar-refractivity contribution is 0.536. The SMILES string of the molecule is CCCNC(Cc1cnn(CC)c1)c1cc(C)c(Br)s1. The Kier molecular flexibility index (Phi) is 5.81. The molecular weight excluding hydrogens is 334 g/mol. The van der Waals surface area contributed by atoms with Crippen LogP contribution in [0.5, 0.6) is 0 Å². The number of hydrogen-bond donors (Lipinski definition) is 1. The maximum atomic E-state index is 4.37. The van der Waals surface area contributed by atoms with Crippen LogP contribution in [0.4, 0.5) is 0 Å². The molecular formula is C15H22BrN3S. The lowest BCUT2D eigenvalue weighted by Crippen LogP contribution is -2.23. The molecule has 0 saturated heterocycles. The third-order valence-corrected chi connectivity index (χ3v) is 5.56. The molecule has 0 radical (unpaired) electrons. The molecule has 0 bridgehead atoms. The topological polar surface area (TPSA) is 29.9 Å². The Hall–Kier alpha value is -0.650. The van der Waals surface area contributed by atoms with Crippen LogP contribution in [0.25, 0.3) is 0 Å². The van der Waals surface area contributed by atoms with Crippen LogP contribution in [0.15, 0.2) is 22.2 Å². The zero-order chi connectivity index (χ0) is 14.5. The van der Waals surface area contributed by atoms with Gasteiger partial charge in [0.05, 0.1) is 9.98 Å². The first-order chi connectivity index (χ1) is 9.63. The van der Waals surface area contributed by atoms with Crippen LogP contribution in [-0.4, -0.2) is 16.3 Å². The van der Waals surface area contributed by atoms with Crippen molar-refractivity contribution in [3.63, 3.8) is 0 Å². The van der Waals surface area contributed by atoms with Gasteiger partial charge in [-0.2, -0.15) is 5.10 Å². The Morgan fingerprint density at radius 1 is 1.45 bits per heavy atom. The van der Waals surface area contributed by atoms with E-state index < -0.39 is 0 Å². The molecule has 1 atom stereocenters. The molecule has 1 unspecified atom stereocenters. The van der Waals surface area contributed by atoms with Gasteiger partial charge in [-0.05, 0) is 66.4 Å². The standard InChI is InChI=1S/C15H22BrN3S/c1-4-6-17-13(14-7-11(3)15(16)20-14)8-12-9-18-19(5-2)10-12/h7,9-10,13,17H,4-6,8H2,1-3H3. The van der Waals surface area contributed by atoms with Crippen LogP contribution >= 0.6 is 27.3 Å². The molecule has 5 heteroatoms. The minimum atomic E-state index is 0.374. The largest absolute Gasteiger partial charge is 0.309 e. The van der Waals surface area contributed by atoms with Gasteiger partial charge >= 0.3 is 0 Å². The molecule has 1 N–H and O–H groups in total. The van der Waals surface area contributed by atoms with Crippen molar-refractivity contribution in [2.75, 3.05) is 6.54 Å². The predicted octanol–water partition coefficient (Wildman–Crippen LogP) is 4.32. The summed E-state index contributed by atoms with van der Waals surface area (Å²) in [5.41, 5.74) is 2.61. The van der Waals surface area contributed by atoms with Crippen molar-refractivity contribution < 1.29 is 0 Å². The van der Waals surface area contributed by atoms with E-state index in [1.54, 1.807) is 0 Å². The quantitative estimate of drug-likeness (QED) is 0.801. The van der Waals surface area contributed by atoms with Gasteiger partial charge in [-0.25, -0.2) is 0 Å². The lowest BCUT2D eigenvalue weighted by Gasteiger charge is -2.16. The normalized spacial score (nSPS) is 12.8. The van der Waals surface area contributed by atoms with Gasteiger partial charge in [0, 0.05) is 23.7 Å². The van der Waals surface area contributed by atoms with Crippen molar-refractivity contribution in [1.29, 1.82) is 0 Å². The van der Waals surface area contributed by atoms with Gasteiger partial charge in [0.2, 0.25) is 0 Å². The van der Waals surface area contributed by atoms with Gasteiger partial charge < -0.3 is 5.32 Å². The second-order valence-electron chi connectivity index (χ2n) is 5.02. The second-order valence-corrected chi connectivity index (χ2v) is 7.42. The number of aromatic nitrogens is 2. The highest BCUT2D eigenvalue weighted by Gasteiger charge is 2.16. The summed E-state index contributed by atoms with van der Waals surface area (Å²) in [5.74, 6) is 0. The predicted molar refractivity (Wildman–Crippen MR) is 89.4 cm³/mol. The van der Waals surface area contributed by atoms with Crippen molar-refractivity contribution in [1.82, 2.24) is 15.1 Å². The van der Waals surface area contributed by atoms with Crippen molar-refractivity contribution in [2.24, 2.45) is 0 Å². The lowest BCUT2D eigenvalue weighted by atomic mass is 10.1. The second kappa shape index (κ2) is 7.38. The Balaban J connectivity index is 2.14. The first kappa shape index (κ1) is 15.7. The van der Waals surface area contributed by atoms with E-state index in [2.05, 4.69) is 59.4 Å². The van der Waals surface area contributed by atoms with Crippen LogP contribution in [0, 0.1) is 6.92 Å². The highest BCUT2D eigenvalue weighted by molar-refractivity contribution is 9.11.